The Morgan fingerprint density at radius 2 is 1.88 bits per heavy atom. The lowest BCUT2D eigenvalue weighted by atomic mass is 10.1. The summed E-state index contributed by atoms with van der Waals surface area (Å²) in [7, 11) is 0. The lowest BCUT2D eigenvalue weighted by Gasteiger charge is -2.09. The number of hydrogen-bond donors (Lipinski definition) is 1. The number of anilines is 1. The summed E-state index contributed by atoms with van der Waals surface area (Å²) in [5.74, 6) is -0.907. The van der Waals surface area contributed by atoms with Gasteiger partial charge < -0.3 is 10.1 Å². The van der Waals surface area contributed by atoms with Gasteiger partial charge in [0.1, 0.15) is 0 Å². The van der Waals surface area contributed by atoms with Crippen LogP contribution in [-0.2, 0) is 14.3 Å². The van der Waals surface area contributed by atoms with Gasteiger partial charge in [-0.2, -0.15) is 0 Å². The van der Waals surface area contributed by atoms with Crippen molar-refractivity contribution in [2.45, 2.75) is 18.7 Å². The first-order valence-corrected chi connectivity index (χ1v) is 8.34. The number of benzene rings is 2. The molecule has 0 aliphatic carbocycles. The van der Waals surface area contributed by atoms with Crippen LogP contribution in [0.3, 0.4) is 0 Å². The van der Waals surface area contributed by atoms with Crippen LogP contribution in [0.25, 0.3) is 0 Å². The zero-order valence-electron chi connectivity index (χ0n) is 13.6. The molecule has 0 heterocycles. The molecule has 0 spiro atoms. The fourth-order valence-electron chi connectivity index (χ4n) is 1.91. The van der Waals surface area contributed by atoms with E-state index in [4.69, 9.17) is 4.74 Å². The molecule has 124 valence electrons. The molecule has 0 saturated carbocycles. The summed E-state index contributed by atoms with van der Waals surface area (Å²) in [4.78, 5) is 24.5. The van der Waals surface area contributed by atoms with Crippen LogP contribution in [-0.4, -0.2) is 18.5 Å². The summed E-state index contributed by atoms with van der Waals surface area (Å²) < 4.78 is 4.93. The van der Waals surface area contributed by atoms with Gasteiger partial charge in [0.15, 0.2) is 6.61 Å². The number of aryl methyl sites for hydroxylation is 2. The quantitative estimate of drug-likeness (QED) is 0.488. The average molecular weight is 341 g/mol. The monoisotopic (exact) mass is 341 g/mol. The second-order valence-corrected chi connectivity index (χ2v) is 6.19. The van der Waals surface area contributed by atoms with Gasteiger partial charge in [0.05, 0.1) is 0 Å². The van der Waals surface area contributed by atoms with Crippen LogP contribution in [0.1, 0.15) is 11.1 Å². The minimum atomic E-state index is -0.547. The first-order chi connectivity index (χ1) is 11.5. The van der Waals surface area contributed by atoms with Gasteiger partial charge in [0, 0.05) is 16.7 Å². The average Bonchev–Trinajstić information content (AvgIpc) is 2.57. The van der Waals surface area contributed by atoms with Crippen molar-refractivity contribution in [2.75, 3.05) is 11.9 Å². The minimum absolute atomic E-state index is 0.313. The Kier molecular flexibility index (Phi) is 6.63. The SMILES string of the molecule is Cc1ccc(C)c(NC(=O)COC(=O)/C=C/Sc2ccccc2)c1. The summed E-state index contributed by atoms with van der Waals surface area (Å²) in [5, 5.41) is 4.38. The van der Waals surface area contributed by atoms with Gasteiger partial charge in [0.25, 0.3) is 5.91 Å². The molecule has 0 aromatic heterocycles. The summed E-state index contributed by atoms with van der Waals surface area (Å²) in [6, 6.07) is 15.4. The molecule has 2 aromatic carbocycles. The number of nitrogens with one attached hydrogen (secondary N) is 1. The van der Waals surface area contributed by atoms with E-state index in [9.17, 15) is 9.59 Å². The highest BCUT2D eigenvalue weighted by molar-refractivity contribution is 8.02. The van der Waals surface area contributed by atoms with Crippen molar-refractivity contribution >= 4 is 29.3 Å². The molecule has 1 N–H and O–H groups in total. The van der Waals surface area contributed by atoms with Crippen molar-refractivity contribution < 1.29 is 14.3 Å². The Bertz CT molecular complexity index is 742. The molecule has 5 heteroatoms. The molecular formula is C19H19NO3S. The Balaban J connectivity index is 1.76. The standard InChI is InChI=1S/C19H19NO3S/c1-14-8-9-15(2)17(12-14)20-18(21)13-23-19(22)10-11-24-16-6-4-3-5-7-16/h3-12H,13H2,1-2H3,(H,20,21)/b11-10+. The van der Waals surface area contributed by atoms with Crippen LogP contribution in [0.5, 0.6) is 0 Å². The Labute approximate surface area is 145 Å². The molecule has 0 aliphatic heterocycles. The molecule has 0 radical (unpaired) electrons. The van der Waals surface area contributed by atoms with E-state index >= 15 is 0 Å². The first kappa shape index (κ1) is 17.8. The van der Waals surface area contributed by atoms with Crippen LogP contribution in [0, 0.1) is 13.8 Å². The maximum Gasteiger partial charge on any atom is 0.331 e. The van der Waals surface area contributed by atoms with Gasteiger partial charge >= 0.3 is 5.97 Å². The third-order valence-corrected chi connectivity index (χ3v) is 3.98. The predicted molar refractivity (Wildman–Crippen MR) is 96.9 cm³/mol. The molecule has 0 aliphatic rings. The number of ether oxygens (including phenoxy) is 1. The van der Waals surface area contributed by atoms with Gasteiger partial charge in [-0.3, -0.25) is 4.79 Å². The van der Waals surface area contributed by atoms with E-state index in [1.165, 1.54) is 17.8 Å². The molecule has 0 fully saturated rings. The highest BCUT2D eigenvalue weighted by Gasteiger charge is 2.07. The van der Waals surface area contributed by atoms with Gasteiger partial charge in [-0.1, -0.05) is 42.1 Å². The van der Waals surface area contributed by atoms with Crippen molar-refractivity contribution in [3.05, 3.63) is 71.1 Å². The van der Waals surface area contributed by atoms with Gasteiger partial charge in [-0.25, -0.2) is 4.79 Å². The van der Waals surface area contributed by atoms with Crippen LogP contribution in [0.2, 0.25) is 0 Å². The first-order valence-electron chi connectivity index (χ1n) is 7.47. The molecule has 2 rings (SSSR count). The maximum absolute atomic E-state index is 11.9. The van der Waals surface area contributed by atoms with Crippen molar-refractivity contribution in [3.8, 4) is 0 Å². The number of carbonyl (C=O) groups excluding carboxylic acids is 2. The minimum Gasteiger partial charge on any atom is -0.452 e. The fraction of sp³-hybridized carbons (Fsp3) is 0.158. The van der Waals surface area contributed by atoms with Crippen LogP contribution < -0.4 is 5.32 Å². The van der Waals surface area contributed by atoms with Gasteiger partial charge in [-0.05, 0) is 48.6 Å². The largest absolute Gasteiger partial charge is 0.452 e. The number of carbonyl (C=O) groups is 2. The maximum atomic E-state index is 11.9. The second kappa shape index (κ2) is 8.93. The zero-order valence-corrected chi connectivity index (χ0v) is 14.4. The van der Waals surface area contributed by atoms with Gasteiger partial charge in [0.2, 0.25) is 0 Å². The topological polar surface area (TPSA) is 55.4 Å². The second-order valence-electron chi connectivity index (χ2n) is 5.21. The predicted octanol–water partition coefficient (Wildman–Crippen LogP) is 4.09. The summed E-state index contributed by atoms with van der Waals surface area (Å²) in [6.45, 7) is 3.54. The molecule has 4 nitrogen and oxygen atoms in total. The molecule has 0 bridgehead atoms. The van der Waals surface area contributed by atoms with E-state index in [2.05, 4.69) is 5.32 Å². The molecule has 0 atom stereocenters. The van der Waals surface area contributed by atoms with Crippen molar-refractivity contribution in [3.63, 3.8) is 0 Å². The summed E-state index contributed by atoms with van der Waals surface area (Å²) >= 11 is 1.41. The van der Waals surface area contributed by atoms with E-state index in [0.717, 1.165) is 21.7 Å². The number of hydrogen-bond acceptors (Lipinski definition) is 4. The fourth-order valence-corrected chi connectivity index (χ4v) is 2.56. The third-order valence-electron chi connectivity index (χ3n) is 3.16. The van der Waals surface area contributed by atoms with Crippen LogP contribution >= 0.6 is 11.8 Å². The number of esters is 1. The Morgan fingerprint density at radius 1 is 1.12 bits per heavy atom. The Morgan fingerprint density at radius 3 is 2.62 bits per heavy atom. The van der Waals surface area contributed by atoms with Crippen LogP contribution in [0.15, 0.2) is 64.9 Å². The van der Waals surface area contributed by atoms with Crippen molar-refractivity contribution in [1.29, 1.82) is 0 Å². The number of thioether (sulfide) groups is 1. The highest BCUT2D eigenvalue weighted by Crippen LogP contribution is 2.18. The molecular weight excluding hydrogens is 322 g/mol. The van der Waals surface area contributed by atoms with Crippen molar-refractivity contribution in [1.82, 2.24) is 0 Å². The smallest absolute Gasteiger partial charge is 0.331 e. The van der Waals surface area contributed by atoms with E-state index in [1.807, 2.05) is 62.4 Å². The van der Waals surface area contributed by atoms with Crippen molar-refractivity contribution in [2.24, 2.45) is 0 Å². The normalized spacial score (nSPS) is 10.6. The lowest BCUT2D eigenvalue weighted by Crippen LogP contribution is -2.20. The third kappa shape index (κ3) is 5.93. The van der Waals surface area contributed by atoms with E-state index in [0.29, 0.717) is 0 Å². The molecule has 0 unspecified atom stereocenters. The molecule has 2 aromatic rings. The number of rotatable bonds is 6. The van der Waals surface area contributed by atoms with E-state index in [1.54, 1.807) is 5.41 Å². The number of amides is 1. The molecule has 1 amide bonds. The summed E-state index contributed by atoms with van der Waals surface area (Å²) in [5.41, 5.74) is 2.74. The van der Waals surface area contributed by atoms with Gasteiger partial charge in [-0.15, -0.1) is 0 Å². The zero-order chi connectivity index (χ0) is 17.4. The lowest BCUT2D eigenvalue weighted by molar-refractivity contribution is -0.142. The van der Waals surface area contributed by atoms with E-state index < -0.39 is 5.97 Å². The summed E-state index contributed by atoms with van der Waals surface area (Å²) in [6.07, 6.45) is 1.31. The highest BCUT2D eigenvalue weighted by atomic mass is 32.2. The Hall–Kier alpha value is -2.53. The molecule has 24 heavy (non-hydrogen) atoms. The van der Waals surface area contributed by atoms with E-state index in [-0.39, 0.29) is 12.5 Å². The van der Waals surface area contributed by atoms with Crippen LogP contribution in [0.4, 0.5) is 5.69 Å². The molecule has 0 saturated heterocycles.